The van der Waals surface area contributed by atoms with E-state index in [0.29, 0.717) is 0 Å². The Morgan fingerprint density at radius 1 is 1.39 bits per heavy atom. The van der Waals surface area contributed by atoms with Gasteiger partial charge in [-0.25, -0.2) is 0 Å². The number of aromatic nitrogens is 1. The maximum Gasteiger partial charge on any atom is 0.261 e. The molecule has 3 heterocycles. The van der Waals surface area contributed by atoms with Gasteiger partial charge in [0.25, 0.3) is 5.91 Å². The second kappa shape index (κ2) is 7.10. The van der Waals surface area contributed by atoms with Crippen molar-refractivity contribution >= 4 is 22.2 Å². The Morgan fingerprint density at radius 3 is 2.83 bits per heavy atom. The van der Waals surface area contributed by atoms with Crippen LogP contribution in [0.4, 0.5) is 5.00 Å². The van der Waals surface area contributed by atoms with Gasteiger partial charge in [-0.2, -0.15) is 0 Å². The lowest BCUT2D eigenvalue weighted by Gasteiger charge is -2.28. The van der Waals surface area contributed by atoms with Crippen molar-refractivity contribution in [3.05, 3.63) is 35.5 Å². The average Bonchev–Trinajstić information content (AvgIpc) is 3.01. The summed E-state index contributed by atoms with van der Waals surface area (Å²) in [6, 6.07) is 6.05. The number of carbonyl (C=O) groups excluding carboxylic acids is 1. The van der Waals surface area contributed by atoms with E-state index in [9.17, 15) is 4.79 Å². The molecule has 0 atom stereocenters. The molecule has 1 saturated heterocycles. The summed E-state index contributed by atoms with van der Waals surface area (Å²) in [5, 5.41) is 4.09. The van der Waals surface area contributed by atoms with Gasteiger partial charge in [-0.05, 0) is 26.0 Å². The van der Waals surface area contributed by atoms with Crippen molar-refractivity contribution in [2.24, 2.45) is 0 Å². The molecule has 1 aliphatic rings. The fraction of sp³-hybridized carbons (Fsp3) is 0.412. The van der Waals surface area contributed by atoms with Gasteiger partial charge in [0.1, 0.15) is 0 Å². The molecule has 1 aliphatic heterocycles. The maximum absolute atomic E-state index is 12.4. The molecular weight excluding hydrogens is 310 g/mol. The molecule has 6 heteroatoms. The lowest BCUT2D eigenvalue weighted by molar-refractivity contribution is 0.0947. The number of carbonyl (C=O) groups is 1. The Kier molecular flexibility index (Phi) is 4.93. The van der Waals surface area contributed by atoms with Gasteiger partial charge in [-0.3, -0.25) is 9.78 Å². The Morgan fingerprint density at radius 2 is 2.17 bits per heavy atom. The fourth-order valence-electron chi connectivity index (χ4n) is 2.56. The molecule has 0 saturated carbocycles. The first kappa shape index (κ1) is 16.0. The van der Waals surface area contributed by atoms with Crippen molar-refractivity contribution in [3.63, 3.8) is 0 Å². The molecule has 0 radical (unpaired) electrons. The van der Waals surface area contributed by atoms with Gasteiger partial charge in [0.2, 0.25) is 0 Å². The molecule has 3 rings (SSSR count). The van der Waals surface area contributed by atoms with Gasteiger partial charge in [0.15, 0.2) is 0 Å². The van der Waals surface area contributed by atoms with Crippen molar-refractivity contribution in [3.8, 4) is 11.1 Å². The average molecular weight is 331 g/mol. The minimum atomic E-state index is -0.0188. The highest BCUT2D eigenvalue weighted by atomic mass is 32.1. The van der Waals surface area contributed by atoms with Crippen LogP contribution in [-0.4, -0.2) is 43.2 Å². The maximum atomic E-state index is 12.4. The number of hydrogen-bond acceptors (Lipinski definition) is 5. The smallest absolute Gasteiger partial charge is 0.261 e. The highest BCUT2D eigenvalue weighted by Gasteiger charge is 2.22. The van der Waals surface area contributed by atoms with Crippen LogP contribution in [0.15, 0.2) is 30.6 Å². The second-order valence-corrected chi connectivity index (χ2v) is 6.83. The van der Waals surface area contributed by atoms with Crippen LogP contribution < -0.4 is 10.2 Å². The summed E-state index contributed by atoms with van der Waals surface area (Å²) in [5.41, 5.74) is 2.10. The first-order valence-corrected chi connectivity index (χ1v) is 8.64. The van der Waals surface area contributed by atoms with Gasteiger partial charge in [0, 0.05) is 42.7 Å². The number of rotatable bonds is 4. The summed E-state index contributed by atoms with van der Waals surface area (Å²) in [6.07, 6.45) is 3.60. The summed E-state index contributed by atoms with van der Waals surface area (Å²) in [4.78, 5) is 19.6. The van der Waals surface area contributed by atoms with Gasteiger partial charge in [-0.15, -0.1) is 11.3 Å². The standard InChI is InChI=1S/C17H21N3O2S/c1-12(2)19-16(21)15-10-14(13-4-3-5-18-11-13)17(23-15)20-6-8-22-9-7-20/h3-5,10-12H,6-9H2,1-2H3,(H,19,21). The molecule has 0 bridgehead atoms. The van der Waals surface area contributed by atoms with Crippen molar-refractivity contribution in [2.45, 2.75) is 19.9 Å². The first-order chi connectivity index (χ1) is 11.1. The molecule has 122 valence electrons. The van der Waals surface area contributed by atoms with Gasteiger partial charge in [-0.1, -0.05) is 6.07 Å². The van der Waals surface area contributed by atoms with Crippen molar-refractivity contribution in [2.75, 3.05) is 31.2 Å². The first-order valence-electron chi connectivity index (χ1n) is 7.83. The zero-order chi connectivity index (χ0) is 16.2. The van der Waals surface area contributed by atoms with Crippen molar-refractivity contribution in [1.82, 2.24) is 10.3 Å². The quantitative estimate of drug-likeness (QED) is 0.936. The molecular formula is C17H21N3O2S. The van der Waals surface area contributed by atoms with Crippen LogP contribution in [0.5, 0.6) is 0 Å². The summed E-state index contributed by atoms with van der Waals surface area (Å²) in [5.74, 6) is -0.0188. The van der Waals surface area contributed by atoms with Crippen molar-refractivity contribution in [1.29, 1.82) is 0 Å². The number of ether oxygens (including phenoxy) is 1. The third-order valence-corrected chi connectivity index (χ3v) is 4.82. The second-order valence-electron chi connectivity index (χ2n) is 5.80. The third kappa shape index (κ3) is 3.71. The van der Waals surface area contributed by atoms with E-state index in [1.807, 2.05) is 38.2 Å². The monoisotopic (exact) mass is 331 g/mol. The summed E-state index contributed by atoms with van der Waals surface area (Å²) >= 11 is 1.54. The van der Waals surface area contributed by atoms with E-state index in [4.69, 9.17) is 4.74 Å². The fourth-order valence-corrected chi connectivity index (χ4v) is 3.69. The van der Waals surface area contributed by atoms with E-state index < -0.39 is 0 Å². The van der Waals surface area contributed by atoms with E-state index in [1.54, 1.807) is 17.5 Å². The zero-order valence-electron chi connectivity index (χ0n) is 13.4. The topological polar surface area (TPSA) is 54.5 Å². The highest BCUT2D eigenvalue weighted by molar-refractivity contribution is 7.18. The van der Waals surface area contributed by atoms with Crippen LogP contribution in [0.3, 0.4) is 0 Å². The molecule has 1 fully saturated rings. The number of hydrogen-bond donors (Lipinski definition) is 1. The number of nitrogens with one attached hydrogen (secondary N) is 1. The van der Waals surface area contributed by atoms with Crippen LogP contribution in [0.25, 0.3) is 11.1 Å². The molecule has 5 nitrogen and oxygen atoms in total. The van der Waals surface area contributed by atoms with Crippen LogP contribution in [0.1, 0.15) is 23.5 Å². The molecule has 2 aromatic rings. The normalized spacial score (nSPS) is 15.0. The lowest BCUT2D eigenvalue weighted by atomic mass is 10.1. The van der Waals surface area contributed by atoms with E-state index >= 15 is 0 Å². The van der Waals surface area contributed by atoms with E-state index in [0.717, 1.165) is 47.3 Å². The lowest BCUT2D eigenvalue weighted by Crippen LogP contribution is -2.35. The number of amides is 1. The molecule has 0 unspecified atom stereocenters. The van der Waals surface area contributed by atoms with Crippen molar-refractivity contribution < 1.29 is 9.53 Å². The van der Waals surface area contributed by atoms with Gasteiger partial charge < -0.3 is 15.0 Å². The minimum Gasteiger partial charge on any atom is -0.378 e. The summed E-state index contributed by atoms with van der Waals surface area (Å²) < 4.78 is 5.45. The number of morpholine rings is 1. The number of thiophene rings is 1. The molecule has 0 spiro atoms. The van der Waals surface area contributed by atoms with Crippen LogP contribution in [0.2, 0.25) is 0 Å². The number of nitrogens with zero attached hydrogens (tertiary/aromatic N) is 2. The molecule has 23 heavy (non-hydrogen) atoms. The Bertz CT molecular complexity index is 664. The largest absolute Gasteiger partial charge is 0.378 e. The molecule has 0 aliphatic carbocycles. The molecule has 1 N–H and O–H groups in total. The van der Waals surface area contributed by atoms with E-state index in [1.165, 1.54) is 0 Å². The SMILES string of the molecule is CC(C)NC(=O)c1cc(-c2cccnc2)c(N2CCOCC2)s1. The zero-order valence-corrected chi connectivity index (χ0v) is 14.2. The van der Waals surface area contributed by atoms with Crippen LogP contribution in [0, 0.1) is 0 Å². The van der Waals surface area contributed by atoms with Crippen LogP contribution in [-0.2, 0) is 4.74 Å². The molecule has 1 amide bonds. The number of anilines is 1. The van der Waals surface area contributed by atoms with E-state index in [-0.39, 0.29) is 11.9 Å². The summed E-state index contributed by atoms with van der Waals surface area (Å²) in [7, 11) is 0. The molecule has 0 aromatic carbocycles. The molecule has 2 aromatic heterocycles. The highest BCUT2D eigenvalue weighted by Crippen LogP contribution is 2.39. The Labute approximate surface area is 140 Å². The minimum absolute atomic E-state index is 0.0188. The predicted octanol–water partition coefficient (Wildman–Crippen LogP) is 2.78. The Hall–Kier alpha value is -1.92. The Balaban J connectivity index is 1.98. The summed E-state index contributed by atoms with van der Waals surface area (Å²) in [6.45, 7) is 7.07. The number of pyridine rings is 1. The predicted molar refractivity (Wildman–Crippen MR) is 93.2 cm³/mol. The third-order valence-electron chi connectivity index (χ3n) is 3.63. The van der Waals surface area contributed by atoms with E-state index in [2.05, 4.69) is 15.2 Å². The van der Waals surface area contributed by atoms with Gasteiger partial charge >= 0.3 is 0 Å². The van der Waals surface area contributed by atoms with Crippen LogP contribution >= 0.6 is 11.3 Å². The van der Waals surface area contributed by atoms with Gasteiger partial charge in [0.05, 0.1) is 23.1 Å².